The number of aromatic nitrogens is 4. The molecule has 0 aliphatic heterocycles. The summed E-state index contributed by atoms with van der Waals surface area (Å²) in [7, 11) is 1.51. The first-order valence-electron chi connectivity index (χ1n) is 5.97. The van der Waals surface area contributed by atoms with Crippen molar-refractivity contribution in [3.63, 3.8) is 0 Å². The zero-order valence-electron chi connectivity index (χ0n) is 11.2. The number of nitrogens with one attached hydrogen (secondary N) is 1. The predicted octanol–water partition coefficient (Wildman–Crippen LogP) is -0.304. The van der Waals surface area contributed by atoms with Crippen molar-refractivity contribution >= 4 is 11.9 Å². The van der Waals surface area contributed by atoms with Gasteiger partial charge in [0, 0.05) is 18.8 Å². The zero-order valence-corrected chi connectivity index (χ0v) is 11.2. The number of carbonyl (C=O) groups excluding carboxylic acids is 1. The lowest BCUT2D eigenvalue weighted by Crippen LogP contribution is -2.27. The second-order valence-corrected chi connectivity index (χ2v) is 4.09. The molecule has 1 amide bonds. The number of methoxy groups -OCH3 is 1. The van der Waals surface area contributed by atoms with Crippen molar-refractivity contribution in [2.45, 2.75) is 13.1 Å². The SMILES string of the molecule is COc1cc(CNC(=O)Cn2cc(C(=O)O)nn2)ccn1. The highest BCUT2D eigenvalue weighted by atomic mass is 16.5. The lowest BCUT2D eigenvalue weighted by Gasteiger charge is -2.06. The van der Waals surface area contributed by atoms with Gasteiger partial charge < -0.3 is 15.2 Å². The van der Waals surface area contributed by atoms with Crippen molar-refractivity contribution < 1.29 is 19.4 Å². The standard InChI is InChI=1S/C12H13N5O4/c1-21-11-4-8(2-3-13-11)5-14-10(18)7-17-6-9(12(19)20)15-16-17/h2-4,6H,5,7H2,1H3,(H,14,18)(H,19,20). The first kappa shape index (κ1) is 14.4. The smallest absolute Gasteiger partial charge is 0.358 e. The third kappa shape index (κ3) is 4.00. The number of hydrogen-bond donors (Lipinski definition) is 2. The Morgan fingerprint density at radius 2 is 2.29 bits per heavy atom. The lowest BCUT2D eigenvalue weighted by atomic mass is 10.2. The van der Waals surface area contributed by atoms with Gasteiger partial charge in [0.1, 0.15) is 6.54 Å². The molecule has 0 bridgehead atoms. The van der Waals surface area contributed by atoms with E-state index in [-0.39, 0.29) is 18.1 Å². The van der Waals surface area contributed by atoms with Crippen molar-refractivity contribution in [1.29, 1.82) is 0 Å². The first-order valence-corrected chi connectivity index (χ1v) is 5.97. The Bertz CT molecular complexity index is 655. The van der Waals surface area contributed by atoms with Crippen LogP contribution in [-0.2, 0) is 17.9 Å². The monoisotopic (exact) mass is 291 g/mol. The van der Waals surface area contributed by atoms with Crippen LogP contribution in [-0.4, -0.2) is 44.1 Å². The minimum absolute atomic E-state index is 0.109. The van der Waals surface area contributed by atoms with Crippen LogP contribution < -0.4 is 10.1 Å². The molecule has 110 valence electrons. The summed E-state index contributed by atoms with van der Waals surface area (Å²) in [5.41, 5.74) is 0.627. The summed E-state index contributed by atoms with van der Waals surface area (Å²) < 4.78 is 6.14. The van der Waals surface area contributed by atoms with E-state index in [0.717, 1.165) is 10.2 Å². The normalized spacial score (nSPS) is 10.1. The van der Waals surface area contributed by atoms with Crippen LogP contribution in [0.3, 0.4) is 0 Å². The minimum Gasteiger partial charge on any atom is -0.481 e. The Hall–Kier alpha value is -2.97. The predicted molar refractivity (Wildman–Crippen MR) is 69.6 cm³/mol. The van der Waals surface area contributed by atoms with Gasteiger partial charge in [-0.1, -0.05) is 5.21 Å². The van der Waals surface area contributed by atoms with Crippen LogP contribution in [0.5, 0.6) is 5.88 Å². The van der Waals surface area contributed by atoms with Crippen LogP contribution in [0.4, 0.5) is 0 Å². The molecule has 0 spiro atoms. The zero-order chi connectivity index (χ0) is 15.2. The molecule has 2 rings (SSSR count). The van der Waals surface area contributed by atoms with Gasteiger partial charge in [0.25, 0.3) is 0 Å². The maximum atomic E-state index is 11.7. The van der Waals surface area contributed by atoms with Crippen LogP contribution in [0.2, 0.25) is 0 Å². The van der Waals surface area contributed by atoms with Crippen molar-refractivity contribution in [3.8, 4) is 5.88 Å². The van der Waals surface area contributed by atoms with E-state index >= 15 is 0 Å². The summed E-state index contributed by atoms with van der Waals surface area (Å²) in [5, 5.41) is 18.4. The van der Waals surface area contributed by atoms with Crippen LogP contribution in [0.1, 0.15) is 16.1 Å². The molecule has 0 radical (unpaired) electrons. The molecule has 9 heteroatoms. The van der Waals surface area contributed by atoms with E-state index in [2.05, 4.69) is 20.6 Å². The fourth-order valence-corrected chi connectivity index (χ4v) is 1.55. The average molecular weight is 291 g/mol. The molecule has 0 aliphatic rings. The van der Waals surface area contributed by atoms with E-state index in [1.165, 1.54) is 13.3 Å². The van der Waals surface area contributed by atoms with Crippen molar-refractivity contribution in [2.75, 3.05) is 7.11 Å². The molecule has 0 aromatic carbocycles. The summed E-state index contributed by atoms with van der Waals surface area (Å²) >= 11 is 0. The molecule has 2 aromatic rings. The molecular formula is C12H13N5O4. The number of pyridine rings is 1. The number of nitrogens with zero attached hydrogens (tertiary/aromatic N) is 4. The fraction of sp³-hybridized carbons (Fsp3) is 0.250. The number of ether oxygens (including phenoxy) is 1. The average Bonchev–Trinajstić information content (AvgIpc) is 2.94. The molecule has 0 atom stereocenters. The molecular weight excluding hydrogens is 278 g/mol. The molecule has 9 nitrogen and oxygen atoms in total. The summed E-state index contributed by atoms with van der Waals surface area (Å²) in [6.07, 6.45) is 2.77. The van der Waals surface area contributed by atoms with Crippen LogP contribution in [0.15, 0.2) is 24.5 Å². The highest BCUT2D eigenvalue weighted by molar-refractivity contribution is 5.84. The Labute approximate surface area is 119 Å². The number of aromatic carboxylic acids is 1. The maximum Gasteiger partial charge on any atom is 0.358 e. The van der Waals surface area contributed by atoms with Crippen molar-refractivity contribution in [3.05, 3.63) is 35.8 Å². The molecule has 21 heavy (non-hydrogen) atoms. The number of carboxylic acids is 1. The molecule has 2 N–H and O–H groups in total. The molecule has 0 saturated carbocycles. The van der Waals surface area contributed by atoms with Gasteiger partial charge >= 0.3 is 5.97 Å². The molecule has 2 heterocycles. The third-order valence-electron chi connectivity index (χ3n) is 2.56. The second kappa shape index (κ2) is 6.46. The van der Waals surface area contributed by atoms with Gasteiger partial charge in [-0.25, -0.2) is 14.5 Å². The van der Waals surface area contributed by atoms with Crippen LogP contribution in [0.25, 0.3) is 0 Å². The minimum atomic E-state index is -1.19. The Morgan fingerprint density at radius 1 is 1.48 bits per heavy atom. The number of rotatable bonds is 6. The maximum absolute atomic E-state index is 11.7. The Balaban J connectivity index is 1.87. The molecule has 2 aromatic heterocycles. The van der Waals surface area contributed by atoms with Crippen LogP contribution >= 0.6 is 0 Å². The van der Waals surface area contributed by atoms with Gasteiger partial charge in [-0.3, -0.25) is 4.79 Å². The molecule has 0 saturated heterocycles. The number of amides is 1. The second-order valence-electron chi connectivity index (χ2n) is 4.09. The summed E-state index contributed by atoms with van der Waals surface area (Å²) in [4.78, 5) is 26.3. The topological polar surface area (TPSA) is 119 Å². The highest BCUT2D eigenvalue weighted by Crippen LogP contribution is 2.07. The summed E-state index contributed by atoms with van der Waals surface area (Å²) in [6.45, 7) is 0.195. The van der Waals surface area contributed by atoms with Gasteiger partial charge in [0.2, 0.25) is 11.8 Å². The van der Waals surface area contributed by atoms with Gasteiger partial charge in [-0.2, -0.15) is 0 Å². The van der Waals surface area contributed by atoms with E-state index in [4.69, 9.17) is 9.84 Å². The molecule has 0 fully saturated rings. The Kier molecular flexibility index (Phi) is 4.44. The van der Waals surface area contributed by atoms with Gasteiger partial charge in [0.15, 0.2) is 5.69 Å². The van der Waals surface area contributed by atoms with E-state index < -0.39 is 5.97 Å². The lowest BCUT2D eigenvalue weighted by molar-refractivity contribution is -0.122. The van der Waals surface area contributed by atoms with Crippen molar-refractivity contribution in [2.24, 2.45) is 0 Å². The highest BCUT2D eigenvalue weighted by Gasteiger charge is 2.10. The van der Waals surface area contributed by atoms with Gasteiger partial charge in [0.05, 0.1) is 13.3 Å². The Morgan fingerprint density at radius 3 is 2.95 bits per heavy atom. The van der Waals surface area contributed by atoms with Crippen molar-refractivity contribution in [1.82, 2.24) is 25.3 Å². The van der Waals surface area contributed by atoms with E-state index in [1.54, 1.807) is 18.3 Å². The third-order valence-corrected chi connectivity index (χ3v) is 2.56. The van der Waals surface area contributed by atoms with E-state index in [1.807, 2.05) is 0 Å². The summed E-state index contributed by atoms with van der Waals surface area (Å²) in [6, 6.07) is 3.46. The largest absolute Gasteiger partial charge is 0.481 e. The number of carboxylic acid groups (broad SMARTS) is 1. The van der Waals surface area contributed by atoms with E-state index in [9.17, 15) is 9.59 Å². The number of carbonyl (C=O) groups is 2. The van der Waals surface area contributed by atoms with E-state index in [0.29, 0.717) is 12.4 Å². The summed E-state index contributed by atoms with van der Waals surface area (Å²) in [5.74, 6) is -1.04. The number of hydrogen-bond acceptors (Lipinski definition) is 6. The fourth-order valence-electron chi connectivity index (χ4n) is 1.55. The molecule has 0 aliphatic carbocycles. The van der Waals surface area contributed by atoms with Gasteiger partial charge in [-0.05, 0) is 11.6 Å². The van der Waals surface area contributed by atoms with Gasteiger partial charge in [-0.15, -0.1) is 5.10 Å². The quantitative estimate of drug-likeness (QED) is 0.749. The first-order chi connectivity index (χ1) is 10.1. The van der Waals surface area contributed by atoms with Crippen LogP contribution in [0, 0.1) is 0 Å². The molecule has 0 unspecified atom stereocenters.